The van der Waals surface area contributed by atoms with Crippen molar-refractivity contribution in [2.24, 2.45) is 0 Å². The molecule has 3 amide bonds. The minimum absolute atomic E-state index is 0.0568. The highest BCUT2D eigenvalue weighted by Crippen LogP contribution is 2.33. The van der Waals surface area contributed by atoms with E-state index in [9.17, 15) is 19.2 Å². The van der Waals surface area contributed by atoms with Gasteiger partial charge in [0, 0.05) is 37.3 Å². The molecule has 0 aliphatic carbocycles. The van der Waals surface area contributed by atoms with Gasteiger partial charge in [-0.15, -0.1) is 5.06 Å². The van der Waals surface area contributed by atoms with Crippen LogP contribution in [0, 0.1) is 0 Å². The first-order chi connectivity index (χ1) is 14.0. The summed E-state index contributed by atoms with van der Waals surface area (Å²) in [6.45, 7) is 2.60. The number of rotatable bonds is 12. The lowest BCUT2D eigenvalue weighted by molar-refractivity contribution is -0.198. The maximum absolute atomic E-state index is 11.9. The number of carbonyl (C=O) groups is 4. The van der Waals surface area contributed by atoms with Crippen molar-refractivity contribution in [3.05, 3.63) is 24.4 Å². The third-order valence-electron chi connectivity index (χ3n) is 3.63. The molecule has 1 N–H and O–H groups in total. The van der Waals surface area contributed by atoms with Gasteiger partial charge >= 0.3 is 5.97 Å². The molecule has 11 heteroatoms. The van der Waals surface area contributed by atoms with E-state index in [2.05, 4.69) is 10.3 Å². The number of imide groups is 1. The van der Waals surface area contributed by atoms with E-state index in [0.717, 1.165) is 5.03 Å². The van der Waals surface area contributed by atoms with Crippen LogP contribution in [-0.2, 0) is 28.8 Å². The number of hydroxylamine groups is 2. The molecule has 29 heavy (non-hydrogen) atoms. The summed E-state index contributed by atoms with van der Waals surface area (Å²) in [5.41, 5.74) is 0. The SMILES string of the molecule is CC(CC(=O)NCCOCCC(=O)ON1C(=O)CCC1=O)SSc1ccccn1. The lowest BCUT2D eigenvalue weighted by Gasteiger charge is -2.12. The first kappa shape index (κ1) is 23.2. The summed E-state index contributed by atoms with van der Waals surface area (Å²) in [7, 11) is 3.11. The molecular formula is C18H23N3O6S2. The number of nitrogens with zero attached hydrogens (tertiary/aromatic N) is 2. The summed E-state index contributed by atoms with van der Waals surface area (Å²) in [4.78, 5) is 55.1. The van der Waals surface area contributed by atoms with E-state index in [0.29, 0.717) is 18.0 Å². The lowest BCUT2D eigenvalue weighted by atomic mass is 10.3. The summed E-state index contributed by atoms with van der Waals surface area (Å²) in [5.74, 6) is -1.83. The monoisotopic (exact) mass is 441 g/mol. The molecule has 1 aliphatic heterocycles. The fraction of sp³-hybridized carbons (Fsp3) is 0.500. The molecule has 0 bridgehead atoms. The molecule has 1 aromatic rings. The topological polar surface area (TPSA) is 115 Å². The van der Waals surface area contributed by atoms with Gasteiger partial charge < -0.3 is 14.9 Å². The van der Waals surface area contributed by atoms with Gasteiger partial charge in [0.1, 0.15) is 5.03 Å². The minimum atomic E-state index is -0.714. The van der Waals surface area contributed by atoms with Crippen molar-refractivity contribution in [2.75, 3.05) is 19.8 Å². The first-order valence-electron chi connectivity index (χ1n) is 9.11. The zero-order chi connectivity index (χ0) is 21.1. The molecule has 1 fully saturated rings. The second-order valence-electron chi connectivity index (χ2n) is 6.12. The molecule has 1 aromatic heterocycles. The third-order valence-corrected chi connectivity index (χ3v) is 6.42. The van der Waals surface area contributed by atoms with Gasteiger partial charge in [0.25, 0.3) is 11.8 Å². The fourth-order valence-electron chi connectivity index (χ4n) is 2.22. The smallest absolute Gasteiger partial charge is 0.335 e. The van der Waals surface area contributed by atoms with Crippen LogP contribution in [0.4, 0.5) is 0 Å². The Kier molecular flexibility index (Phi) is 9.95. The molecule has 158 valence electrons. The molecule has 0 saturated carbocycles. The predicted molar refractivity (Wildman–Crippen MR) is 107 cm³/mol. The predicted octanol–water partition coefficient (Wildman–Crippen LogP) is 1.73. The van der Waals surface area contributed by atoms with Crippen LogP contribution in [0.15, 0.2) is 29.4 Å². The number of hydrogen-bond acceptors (Lipinski definition) is 9. The van der Waals surface area contributed by atoms with Gasteiger partial charge in [-0.1, -0.05) is 23.8 Å². The summed E-state index contributed by atoms with van der Waals surface area (Å²) in [5, 5.41) is 4.28. The van der Waals surface area contributed by atoms with Crippen molar-refractivity contribution in [1.29, 1.82) is 0 Å². The van der Waals surface area contributed by atoms with Gasteiger partial charge in [-0.25, -0.2) is 9.78 Å². The van der Waals surface area contributed by atoms with E-state index in [1.807, 2.05) is 25.1 Å². The van der Waals surface area contributed by atoms with Gasteiger partial charge in [0.05, 0.1) is 19.6 Å². The Hall–Kier alpha value is -2.11. The first-order valence-corrected chi connectivity index (χ1v) is 11.3. The zero-order valence-corrected chi connectivity index (χ0v) is 17.6. The number of carbonyl (C=O) groups excluding carboxylic acids is 4. The van der Waals surface area contributed by atoms with Crippen LogP contribution in [0.25, 0.3) is 0 Å². The number of amides is 3. The van der Waals surface area contributed by atoms with Gasteiger partial charge in [0.15, 0.2) is 0 Å². The van der Waals surface area contributed by atoms with Crippen molar-refractivity contribution >= 4 is 45.3 Å². The molecule has 0 aromatic carbocycles. The summed E-state index contributed by atoms with van der Waals surface area (Å²) in [6.07, 6.45) is 2.12. The van der Waals surface area contributed by atoms with Gasteiger partial charge in [-0.3, -0.25) is 14.4 Å². The van der Waals surface area contributed by atoms with Crippen molar-refractivity contribution < 1.29 is 28.8 Å². The normalized spacial score (nSPS) is 14.7. The number of pyridine rings is 1. The molecule has 1 atom stereocenters. The maximum Gasteiger partial charge on any atom is 0.335 e. The Morgan fingerprint density at radius 1 is 1.24 bits per heavy atom. The molecule has 9 nitrogen and oxygen atoms in total. The van der Waals surface area contributed by atoms with Crippen LogP contribution in [-0.4, -0.2) is 58.7 Å². The van der Waals surface area contributed by atoms with Crippen LogP contribution in [0.2, 0.25) is 0 Å². The Morgan fingerprint density at radius 3 is 2.69 bits per heavy atom. The highest BCUT2D eigenvalue weighted by atomic mass is 33.1. The van der Waals surface area contributed by atoms with Crippen LogP contribution >= 0.6 is 21.6 Å². The summed E-state index contributed by atoms with van der Waals surface area (Å²) in [6, 6.07) is 5.68. The van der Waals surface area contributed by atoms with Gasteiger partial charge in [-0.05, 0) is 22.9 Å². The second-order valence-corrected chi connectivity index (χ2v) is 8.78. The number of nitrogens with one attached hydrogen (secondary N) is 1. The van der Waals surface area contributed by atoms with E-state index in [1.54, 1.807) is 17.0 Å². The van der Waals surface area contributed by atoms with Crippen LogP contribution in [0.5, 0.6) is 0 Å². The van der Waals surface area contributed by atoms with Crippen molar-refractivity contribution in [2.45, 2.75) is 42.9 Å². The third kappa shape index (κ3) is 8.84. The average Bonchev–Trinajstić information content (AvgIpc) is 3.01. The maximum atomic E-state index is 11.9. The van der Waals surface area contributed by atoms with Crippen molar-refractivity contribution in [3.63, 3.8) is 0 Å². The second kappa shape index (κ2) is 12.5. The Morgan fingerprint density at radius 2 is 2.00 bits per heavy atom. The van der Waals surface area contributed by atoms with E-state index in [1.165, 1.54) is 10.8 Å². The number of hydrogen-bond donors (Lipinski definition) is 1. The van der Waals surface area contributed by atoms with Crippen molar-refractivity contribution in [1.82, 2.24) is 15.4 Å². The fourth-order valence-corrected chi connectivity index (χ4v) is 4.23. The molecule has 2 rings (SSSR count). The van der Waals surface area contributed by atoms with Gasteiger partial charge in [0.2, 0.25) is 5.91 Å². The van der Waals surface area contributed by atoms with E-state index in [4.69, 9.17) is 9.57 Å². The Bertz CT molecular complexity index is 703. The molecule has 0 radical (unpaired) electrons. The van der Waals surface area contributed by atoms with Crippen LogP contribution in [0.3, 0.4) is 0 Å². The summed E-state index contributed by atoms with van der Waals surface area (Å²) < 4.78 is 5.26. The standard InChI is InChI=1S/C18H23N3O6S2/c1-13(28-29-15-4-2-3-8-20-15)12-14(22)19-9-11-26-10-7-18(25)27-21-16(23)5-6-17(21)24/h2-4,8,13H,5-7,9-12H2,1H3,(H,19,22). The molecule has 0 spiro atoms. The lowest BCUT2D eigenvalue weighted by Crippen LogP contribution is -2.32. The highest BCUT2D eigenvalue weighted by molar-refractivity contribution is 8.76. The largest absolute Gasteiger partial charge is 0.379 e. The highest BCUT2D eigenvalue weighted by Gasteiger charge is 2.32. The zero-order valence-electron chi connectivity index (χ0n) is 16.0. The average molecular weight is 442 g/mol. The Labute approximate surface area is 176 Å². The molecule has 1 aliphatic rings. The molecule has 1 saturated heterocycles. The number of aromatic nitrogens is 1. The minimum Gasteiger partial charge on any atom is -0.379 e. The number of ether oxygens (including phenoxy) is 1. The van der Waals surface area contributed by atoms with Crippen LogP contribution < -0.4 is 5.32 Å². The van der Waals surface area contributed by atoms with E-state index < -0.39 is 17.8 Å². The van der Waals surface area contributed by atoms with Gasteiger partial charge in [-0.2, -0.15) is 0 Å². The van der Waals surface area contributed by atoms with Crippen LogP contribution in [0.1, 0.15) is 32.6 Å². The van der Waals surface area contributed by atoms with E-state index >= 15 is 0 Å². The van der Waals surface area contributed by atoms with Crippen molar-refractivity contribution in [3.8, 4) is 0 Å². The molecule has 2 heterocycles. The quantitative estimate of drug-likeness (QED) is 0.294. The van der Waals surface area contributed by atoms with E-state index in [-0.39, 0.29) is 43.6 Å². The molecular weight excluding hydrogens is 418 g/mol. The summed E-state index contributed by atoms with van der Waals surface area (Å²) >= 11 is 0. The Balaban J connectivity index is 1.48. The molecule has 1 unspecified atom stereocenters.